The summed E-state index contributed by atoms with van der Waals surface area (Å²) in [7, 11) is 0. The Morgan fingerprint density at radius 3 is 2.95 bits per heavy atom. The average molecular weight is 307 g/mol. The van der Waals surface area contributed by atoms with E-state index in [9.17, 15) is 9.59 Å². The molecule has 2 aliphatic rings. The van der Waals surface area contributed by atoms with Crippen LogP contribution in [0.3, 0.4) is 0 Å². The Morgan fingerprint density at radius 2 is 2.24 bits per heavy atom. The normalized spacial score (nSPS) is 23.9. The lowest BCUT2D eigenvalue weighted by atomic mass is 10.1. The van der Waals surface area contributed by atoms with Crippen molar-refractivity contribution in [3.05, 3.63) is 21.9 Å². The highest BCUT2D eigenvalue weighted by molar-refractivity contribution is 7.10. The van der Waals surface area contributed by atoms with Gasteiger partial charge in [-0.1, -0.05) is 0 Å². The molecule has 0 unspecified atom stereocenters. The fourth-order valence-corrected chi connectivity index (χ4v) is 4.12. The van der Waals surface area contributed by atoms with Crippen molar-refractivity contribution in [2.45, 2.75) is 32.4 Å². The molecule has 0 radical (unpaired) electrons. The van der Waals surface area contributed by atoms with Gasteiger partial charge in [0.05, 0.1) is 12.0 Å². The van der Waals surface area contributed by atoms with E-state index in [2.05, 4.69) is 16.3 Å². The number of hydrogen-bond donors (Lipinski definition) is 1. The highest BCUT2D eigenvalue weighted by atomic mass is 32.1. The summed E-state index contributed by atoms with van der Waals surface area (Å²) in [6.45, 7) is 4.84. The maximum Gasteiger partial charge on any atom is 0.239 e. The summed E-state index contributed by atoms with van der Waals surface area (Å²) in [5.74, 6) is -0.194. The number of nitrogens with zero attached hydrogens (tertiary/aromatic N) is 2. The Labute approximate surface area is 128 Å². The molecule has 2 amide bonds. The largest absolute Gasteiger partial charge is 0.369 e. The molecule has 114 valence electrons. The average Bonchev–Trinajstić information content (AvgIpc) is 3.13. The van der Waals surface area contributed by atoms with Crippen LogP contribution in [0, 0.1) is 5.92 Å². The third-order valence-corrected chi connectivity index (χ3v) is 5.67. The second kappa shape index (κ2) is 5.77. The van der Waals surface area contributed by atoms with Gasteiger partial charge in [-0.3, -0.25) is 14.5 Å². The first kappa shape index (κ1) is 14.5. The Kier molecular flexibility index (Phi) is 3.99. The molecule has 1 saturated heterocycles. The number of nitrogens with two attached hydrogens (primary N) is 1. The summed E-state index contributed by atoms with van der Waals surface area (Å²) in [5, 5.41) is 2.10. The van der Waals surface area contributed by atoms with Gasteiger partial charge in [0.2, 0.25) is 11.8 Å². The molecule has 1 aromatic heterocycles. The summed E-state index contributed by atoms with van der Waals surface area (Å²) < 4.78 is 0. The first-order valence-corrected chi connectivity index (χ1v) is 8.31. The van der Waals surface area contributed by atoms with Gasteiger partial charge < -0.3 is 10.6 Å². The highest BCUT2D eigenvalue weighted by Crippen LogP contribution is 2.26. The topological polar surface area (TPSA) is 66.6 Å². The van der Waals surface area contributed by atoms with Crippen LogP contribution in [0.2, 0.25) is 0 Å². The number of rotatable bonds is 3. The van der Waals surface area contributed by atoms with Crippen LogP contribution in [0.5, 0.6) is 0 Å². The minimum absolute atomic E-state index is 0.106. The SMILES string of the molecule is C[C@H](C(=O)N1CCc2sccc2C1)N1CC[C@@H](C(N)=O)C1. The van der Waals surface area contributed by atoms with Crippen molar-refractivity contribution in [3.63, 3.8) is 0 Å². The molecule has 2 atom stereocenters. The molecule has 2 N–H and O–H groups in total. The van der Waals surface area contributed by atoms with Crippen LogP contribution in [0.1, 0.15) is 23.8 Å². The van der Waals surface area contributed by atoms with E-state index < -0.39 is 0 Å². The van der Waals surface area contributed by atoms with Crippen LogP contribution in [-0.4, -0.2) is 47.3 Å². The minimum atomic E-state index is -0.252. The summed E-state index contributed by atoms with van der Waals surface area (Å²) in [4.78, 5) is 29.3. The van der Waals surface area contributed by atoms with Crippen LogP contribution in [0.4, 0.5) is 0 Å². The number of fused-ring (bicyclic) bond motifs is 1. The minimum Gasteiger partial charge on any atom is -0.369 e. The third-order valence-electron chi connectivity index (χ3n) is 4.65. The van der Waals surface area contributed by atoms with Gasteiger partial charge in [-0.25, -0.2) is 0 Å². The number of carbonyl (C=O) groups excluding carboxylic acids is 2. The molecule has 1 aromatic rings. The Morgan fingerprint density at radius 1 is 1.43 bits per heavy atom. The van der Waals surface area contributed by atoms with E-state index in [4.69, 9.17) is 5.73 Å². The first-order valence-electron chi connectivity index (χ1n) is 7.43. The van der Waals surface area contributed by atoms with Crippen LogP contribution in [-0.2, 0) is 22.6 Å². The van der Waals surface area contributed by atoms with Gasteiger partial charge in [0, 0.05) is 24.5 Å². The van der Waals surface area contributed by atoms with Crippen LogP contribution in [0.25, 0.3) is 0 Å². The van der Waals surface area contributed by atoms with Crippen LogP contribution < -0.4 is 5.73 Å². The molecule has 21 heavy (non-hydrogen) atoms. The fourth-order valence-electron chi connectivity index (χ4n) is 3.23. The van der Waals surface area contributed by atoms with E-state index >= 15 is 0 Å². The summed E-state index contributed by atoms with van der Waals surface area (Å²) in [6, 6.07) is 1.94. The molecule has 1 fully saturated rings. The van der Waals surface area contributed by atoms with E-state index in [0.29, 0.717) is 6.54 Å². The zero-order valence-corrected chi connectivity index (χ0v) is 13.1. The van der Waals surface area contributed by atoms with Gasteiger partial charge in [-0.15, -0.1) is 11.3 Å². The molecule has 5 nitrogen and oxygen atoms in total. The van der Waals surface area contributed by atoms with E-state index in [1.807, 2.05) is 11.8 Å². The standard InChI is InChI=1S/C15H21N3O2S/c1-10(17-5-2-12(9-17)14(16)19)15(20)18-6-3-13-11(8-18)4-7-21-13/h4,7,10,12H,2-3,5-6,8-9H2,1H3,(H2,16,19)/t10-,12-/m1/s1. The lowest BCUT2D eigenvalue weighted by molar-refractivity contribution is -0.137. The van der Waals surface area contributed by atoms with Gasteiger partial charge in [-0.2, -0.15) is 0 Å². The van der Waals surface area contributed by atoms with Crippen molar-refractivity contribution < 1.29 is 9.59 Å². The molecule has 3 rings (SSSR count). The molecule has 0 aliphatic carbocycles. The van der Waals surface area contributed by atoms with E-state index in [0.717, 1.165) is 32.5 Å². The molecule has 0 spiro atoms. The second-order valence-electron chi connectivity index (χ2n) is 5.94. The number of carbonyl (C=O) groups is 2. The number of primary amides is 1. The lowest BCUT2D eigenvalue weighted by Crippen LogP contribution is -2.48. The maximum atomic E-state index is 12.7. The van der Waals surface area contributed by atoms with Gasteiger partial charge in [0.1, 0.15) is 0 Å². The van der Waals surface area contributed by atoms with Crippen LogP contribution >= 0.6 is 11.3 Å². The van der Waals surface area contributed by atoms with Crippen molar-refractivity contribution in [2.24, 2.45) is 11.7 Å². The van der Waals surface area contributed by atoms with Crippen LogP contribution in [0.15, 0.2) is 11.4 Å². The van der Waals surface area contributed by atoms with Crippen molar-refractivity contribution in [2.75, 3.05) is 19.6 Å². The molecule has 6 heteroatoms. The van der Waals surface area contributed by atoms with Crippen molar-refractivity contribution in [3.8, 4) is 0 Å². The van der Waals surface area contributed by atoms with Gasteiger partial charge >= 0.3 is 0 Å². The predicted octanol–water partition coefficient (Wildman–Crippen LogP) is 0.828. The second-order valence-corrected chi connectivity index (χ2v) is 6.94. The van der Waals surface area contributed by atoms with E-state index in [-0.39, 0.29) is 23.8 Å². The molecule has 2 aliphatic heterocycles. The molecule has 0 aromatic carbocycles. The molecular weight excluding hydrogens is 286 g/mol. The summed E-state index contributed by atoms with van der Waals surface area (Å²) >= 11 is 1.78. The molecule has 0 saturated carbocycles. The third kappa shape index (κ3) is 2.82. The smallest absolute Gasteiger partial charge is 0.239 e. The van der Waals surface area contributed by atoms with Gasteiger partial charge in [-0.05, 0) is 43.3 Å². The number of thiophene rings is 1. The molecular formula is C15H21N3O2S. The molecule has 3 heterocycles. The number of likely N-dealkylation sites (tertiary alicyclic amines) is 1. The van der Waals surface area contributed by atoms with Crippen molar-refractivity contribution >= 4 is 23.2 Å². The van der Waals surface area contributed by atoms with E-state index in [1.54, 1.807) is 11.3 Å². The Bertz CT molecular complexity index is 557. The quantitative estimate of drug-likeness (QED) is 0.899. The number of amides is 2. The van der Waals surface area contributed by atoms with Crippen molar-refractivity contribution in [1.29, 1.82) is 0 Å². The number of hydrogen-bond acceptors (Lipinski definition) is 4. The maximum absolute atomic E-state index is 12.7. The fraction of sp³-hybridized carbons (Fsp3) is 0.600. The predicted molar refractivity (Wildman–Crippen MR) is 81.8 cm³/mol. The van der Waals surface area contributed by atoms with Gasteiger partial charge in [0.25, 0.3) is 0 Å². The van der Waals surface area contributed by atoms with Gasteiger partial charge in [0.15, 0.2) is 0 Å². The highest BCUT2D eigenvalue weighted by Gasteiger charge is 2.34. The molecule has 0 bridgehead atoms. The first-order chi connectivity index (χ1) is 10.1. The van der Waals surface area contributed by atoms with Crippen molar-refractivity contribution in [1.82, 2.24) is 9.80 Å². The lowest BCUT2D eigenvalue weighted by Gasteiger charge is -2.32. The Balaban J connectivity index is 1.62. The summed E-state index contributed by atoms with van der Waals surface area (Å²) in [5.41, 5.74) is 6.64. The Hall–Kier alpha value is -1.40. The summed E-state index contributed by atoms with van der Waals surface area (Å²) in [6.07, 6.45) is 1.72. The zero-order valence-electron chi connectivity index (χ0n) is 12.2. The monoisotopic (exact) mass is 307 g/mol. The van der Waals surface area contributed by atoms with E-state index in [1.165, 1.54) is 10.4 Å². The zero-order chi connectivity index (χ0) is 15.0.